The van der Waals surface area contributed by atoms with Gasteiger partial charge in [0.1, 0.15) is 0 Å². The molecule has 22 heavy (non-hydrogen) atoms. The van der Waals surface area contributed by atoms with Crippen LogP contribution in [0.25, 0.3) is 0 Å². The van der Waals surface area contributed by atoms with Gasteiger partial charge in [-0.15, -0.1) is 0 Å². The molecule has 0 aliphatic carbocycles. The number of hydrogen-bond acceptors (Lipinski definition) is 4. The molecule has 0 aromatic rings. The molecule has 0 radical (unpaired) electrons. The molecular weight excluding hydrogens is 531 g/mol. The molecule has 0 rings (SSSR count). The maximum absolute atomic E-state index is 8.88. The Kier molecular flexibility index (Phi) is 30.2. The van der Waals surface area contributed by atoms with Gasteiger partial charge < -0.3 is 58.7 Å². The van der Waals surface area contributed by atoms with Crippen molar-refractivity contribution >= 4 is 50.2 Å². The Hall–Kier alpha value is 2.39. The van der Waals surface area contributed by atoms with Crippen LogP contribution in [-0.4, -0.2) is 77.6 Å². The molecule has 0 fully saturated rings. The fourth-order valence-corrected chi connectivity index (χ4v) is 0. The zero-order valence-corrected chi connectivity index (χ0v) is 16.1. The van der Waals surface area contributed by atoms with Gasteiger partial charge in [0.15, 0.2) is 0 Å². The van der Waals surface area contributed by atoms with Crippen LogP contribution in [0.3, 0.4) is 0 Å². The zero-order chi connectivity index (χ0) is 18.0. The third kappa shape index (κ3) is 1800. The van der Waals surface area contributed by atoms with Crippen molar-refractivity contribution in [2.45, 2.75) is 0 Å². The fourth-order valence-electron chi connectivity index (χ4n) is 0. The number of phosphoric acid groups is 4. The van der Waals surface area contributed by atoms with Crippen LogP contribution in [0.2, 0.25) is 0 Å². The summed E-state index contributed by atoms with van der Waals surface area (Å²) in [6.07, 6.45) is 0. The van der Waals surface area contributed by atoms with Gasteiger partial charge in [-0.2, -0.15) is 0 Å². The molecule has 0 aliphatic rings. The molecule has 0 spiro atoms. The quantitative estimate of drug-likeness (QED) is 0.101. The van der Waals surface area contributed by atoms with E-state index in [-0.39, 0.29) is 59.7 Å². The summed E-state index contributed by atoms with van der Waals surface area (Å²) in [6, 6.07) is 0. The van der Waals surface area contributed by atoms with Crippen molar-refractivity contribution in [3.05, 3.63) is 0 Å². The molecule has 0 aromatic heterocycles. The van der Waals surface area contributed by atoms with Crippen LogP contribution in [0.1, 0.15) is 0 Å². The van der Waals surface area contributed by atoms with Gasteiger partial charge in [-0.05, 0) is 0 Å². The van der Waals surface area contributed by atoms with Gasteiger partial charge in [0.05, 0.1) is 0 Å². The molecule has 0 amide bonds. The summed E-state index contributed by atoms with van der Waals surface area (Å²) >= 11 is 0. The predicted octanol–water partition coefficient (Wildman–Crippen LogP) is -4.36. The summed E-state index contributed by atoms with van der Waals surface area (Å²) in [4.78, 5) is 86.2. The van der Waals surface area contributed by atoms with Gasteiger partial charge in [0, 0.05) is 40.8 Å². The van der Waals surface area contributed by atoms with Gasteiger partial charge in [-0.3, -0.25) is 0 Å². The van der Waals surface area contributed by atoms with E-state index < -0.39 is 31.3 Å². The minimum atomic E-state index is -4.64. The third-order valence-corrected chi connectivity index (χ3v) is 0. The Morgan fingerprint density at radius 2 is 0.364 bits per heavy atom. The zero-order valence-electron chi connectivity index (χ0n) is 9.29. The second-order valence-electron chi connectivity index (χ2n) is 2.05. The summed E-state index contributed by atoms with van der Waals surface area (Å²) in [5.41, 5.74) is 0. The van der Waals surface area contributed by atoms with Crippen molar-refractivity contribution in [2.75, 3.05) is 0 Å². The van der Waals surface area contributed by atoms with Crippen molar-refractivity contribution in [2.24, 2.45) is 0 Å². The molecule has 12 N–H and O–H groups in total. The van der Waals surface area contributed by atoms with Crippen LogP contribution < -0.4 is 0 Å². The maximum Gasteiger partial charge on any atom is 0 e. The van der Waals surface area contributed by atoms with Crippen molar-refractivity contribution in [1.82, 2.24) is 0 Å². The van der Waals surface area contributed by atoms with Crippen LogP contribution in [0.5, 0.6) is 0 Å². The maximum atomic E-state index is 8.88. The predicted molar refractivity (Wildman–Crippen MR) is 64.2 cm³/mol. The topological polar surface area (TPSA) is 311 Å². The smallest absolute Gasteiger partial charge is 0 e. The standard InChI is InChI=1S/Li.Nd.4H3O4P.H/c;;4*1-5(2,3)4;/h;;4*(H3,1,2,3,4);. The third-order valence-electron chi connectivity index (χ3n) is 0. The molecule has 0 bridgehead atoms. The van der Waals surface area contributed by atoms with Crippen LogP contribution >= 0.6 is 31.3 Å². The normalized spacial score (nSPS) is 10.7. The molecule has 22 heteroatoms. The monoisotopic (exact) mass is 542 g/mol. The summed E-state index contributed by atoms with van der Waals surface area (Å²) in [5.74, 6) is 0. The second kappa shape index (κ2) is 16.8. The van der Waals surface area contributed by atoms with Gasteiger partial charge >= 0.3 is 50.2 Å². The molecule has 0 aromatic carbocycles. The van der Waals surface area contributed by atoms with Crippen LogP contribution in [-0.2, 0) is 18.3 Å². The minimum Gasteiger partial charge on any atom is 0 e. The van der Waals surface area contributed by atoms with Crippen molar-refractivity contribution in [3.63, 3.8) is 0 Å². The minimum absolute atomic E-state index is 0. The van der Waals surface area contributed by atoms with Crippen LogP contribution in [0, 0.1) is 40.8 Å². The summed E-state index contributed by atoms with van der Waals surface area (Å²) in [6.45, 7) is 0. The van der Waals surface area contributed by atoms with Crippen LogP contribution in [0.4, 0.5) is 0 Å². The molecule has 0 saturated carbocycles. The van der Waals surface area contributed by atoms with E-state index in [4.69, 9.17) is 77.0 Å². The number of hydrogen-bond donors (Lipinski definition) is 12. The summed E-state index contributed by atoms with van der Waals surface area (Å²) < 4.78 is 35.5. The molecular formula is H13LiNdO16P4. The van der Waals surface area contributed by atoms with E-state index in [1.165, 1.54) is 0 Å². The van der Waals surface area contributed by atoms with Crippen molar-refractivity contribution in [1.29, 1.82) is 0 Å². The number of rotatable bonds is 0. The summed E-state index contributed by atoms with van der Waals surface area (Å²) in [7, 11) is -18.6. The fraction of sp³-hybridized carbons (Fsp3) is 0. The van der Waals surface area contributed by atoms with E-state index in [2.05, 4.69) is 0 Å². The van der Waals surface area contributed by atoms with Gasteiger partial charge in [0.25, 0.3) is 0 Å². The Bertz CT molecular complexity index is 291. The average molecular weight is 544 g/mol. The summed E-state index contributed by atoms with van der Waals surface area (Å²) in [5, 5.41) is 0. The molecule has 0 unspecified atom stereocenters. The first-order valence-corrected chi connectivity index (χ1v) is 9.39. The van der Waals surface area contributed by atoms with E-state index >= 15 is 0 Å². The first kappa shape index (κ1) is 39.5. The molecule has 0 heterocycles. The second-order valence-corrected chi connectivity index (χ2v) is 6.16. The Morgan fingerprint density at radius 1 is 0.364 bits per heavy atom. The van der Waals surface area contributed by atoms with E-state index in [0.717, 1.165) is 0 Å². The van der Waals surface area contributed by atoms with E-state index in [9.17, 15) is 0 Å². The van der Waals surface area contributed by atoms with Crippen LogP contribution in [0.15, 0.2) is 0 Å². The Balaban J connectivity index is -0.0000000376. The van der Waals surface area contributed by atoms with E-state index in [1.54, 1.807) is 0 Å². The van der Waals surface area contributed by atoms with Gasteiger partial charge in [-0.1, -0.05) is 0 Å². The van der Waals surface area contributed by atoms with Gasteiger partial charge in [0.2, 0.25) is 0 Å². The van der Waals surface area contributed by atoms with Crippen molar-refractivity contribution in [3.8, 4) is 0 Å². The Labute approximate surface area is 166 Å². The largest absolute Gasteiger partial charge is 0 e. The van der Waals surface area contributed by atoms with Gasteiger partial charge in [-0.25, -0.2) is 18.3 Å². The molecule has 16 nitrogen and oxygen atoms in total. The molecule has 0 saturated heterocycles. The van der Waals surface area contributed by atoms with E-state index in [1.807, 2.05) is 0 Å². The average Bonchev–Trinajstić information content (AvgIpc) is 1.62. The first-order valence-electron chi connectivity index (χ1n) is 3.13. The Morgan fingerprint density at radius 3 is 0.364 bits per heavy atom. The van der Waals surface area contributed by atoms with Crippen molar-refractivity contribution < 1.29 is 118 Å². The molecule has 0 atom stereocenters. The molecule has 134 valence electrons. The van der Waals surface area contributed by atoms with E-state index in [0.29, 0.717) is 0 Å². The SMILES string of the molecule is O=P(O)(O)O.O=P(O)(O)O.O=P(O)(O)O.O=P(O)(O)O.[LiH].[Nd]. The molecule has 0 aliphatic heterocycles. The first-order chi connectivity index (χ1) is 8.00.